The van der Waals surface area contributed by atoms with Crippen molar-refractivity contribution in [3.05, 3.63) is 84.0 Å². The largest absolute Gasteiger partial charge is 0.381 e. The molecule has 1 saturated heterocycles. The Labute approximate surface area is 210 Å². The van der Waals surface area contributed by atoms with Gasteiger partial charge in [-0.3, -0.25) is 0 Å². The molecular weight excluding hydrogens is 448 g/mol. The molecule has 8 nitrogen and oxygen atoms in total. The van der Waals surface area contributed by atoms with Crippen LogP contribution in [0.5, 0.6) is 0 Å². The van der Waals surface area contributed by atoms with Gasteiger partial charge in [-0.25, -0.2) is 4.98 Å². The summed E-state index contributed by atoms with van der Waals surface area (Å²) in [6.45, 7) is 2.04. The van der Waals surface area contributed by atoms with Crippen molar-refractivity contribution in [2.45, 2.75) is 43.8 Å². The first-order valence-electron chi connectivity index (χ1n) is 12.9. The van der Waals surface area contributed by atoms with Crippen molar-refractivity contribution in [2.75, 3.05) is 23.7 Å². The Balaban J connectivity index is 1.26. The summed E-state index contributed by atoms with van der Waals surface area (Å²) in [6, 6.07) is 11.6. The van der Waals surface area contributed by atoms with E-state index in [0.29, 0.717) is 18.0 Å². The molecule has 1 aromatic carbocycles. The highest BCUT2D eigenvalue weighted by atomic mass is 15.2. The number of aromatic nitrogens is 4. The third kappa shape index (κ3) is 4.07. The van der Waals surface area contributed by atoms with Crippen LogP contribution in [0.25, 0.3) is 16.7 Å². The second-order valence-electron chi connectivity index (χ2n) is 9.92. The molecule has 4 aliphatic rings. The number of rotatable bonds is 6. The van der Waals surface area contributed by atoms with Crippen LogP contribution >= 0.6 is 0 Å². The van der Waals surface area contributed by atoms with Crippen LogP contribution in [0.4, 0.5) is 11.8 Å². The van der Waals surface area contributed by atoms with Crippen molar-refractivity contribution in [3.8, 4) is 0 Å². The summed E-state index contributed by atoms with van der Waals surface area (Å²) in [5.74, 6) is 1.42. The molecule has 0 radical (unpaired) electrons. The van der Waals surface area contributed by atoms with Crippen molar-refractivity contribution in [1.82, 2.24) is 30.2 Å². The molecule has 2 aliphatic heterocycles. The van der Waals surface area contributed by atoms with E-state index in [1.165, 1.54) is 29.6 Å². The summed E-state index contributed by atoms with van der Waals surface area (Å²) in [5, 5.41) is 14.0. The number of anilines is 2. The number of fused-ring (bicyclic) bond motifs is 2. The predicted molar refractivity (Wildman–Crippen MR) is 143 cm³/mol. The van der Waals surface area contributed by atoms with E-state index >= 15 is 0 Å². The van der Waals surface area contributed by atoms with Crippen LogP contribution in [0.2, 0.25) is 0 Å². The summed E-state index contributed by atoms with van der Waals surface area (Å²) < 4.78 is 2.24. The van der Waals surface area contributed by atoms with Gasteiger partial charge in [-0.15, -0.1) is 0 Å². The van der Waals surface area contributed by atoms with Gasteiger partial charge in [-0.05, 0) is 79.9 Å². The van der Waals surface area contributed by atoms with Gasteiger partial charge >= 0.3 is 0 Å². The molecule has 2 fully saturated rings. The van der Waals surface area contributed by atoms with E-state index in [1.54, 1.807) is 0 Å². The molecule has 1 unspecified atom stereocenters. The van der Waals surface area contributed by atoms with Gasteiger partial charge in [-0.2, -0.15) is 9.97 Å². The van der Waals surface area contributed by atoms with Crippen molar-refractivity contribution in [3.63, 3.8) is 0 Å². The van der Waals surface area contributed by atoms with Gasteiger partial charge in [0.25, 0.3) is 0 Å². The number of dihydropyridines is 1. The monoisotopic (exact) mass is 478 g/mol. The summed E-state index contributed by atoms with van der Waals surface area (Å²) in [4.78, 5) is 14.6. The second kappa shape index (κ2) is 8.95. The van der Waals surface area contributed by atoms with Crippen LogP contribution in [-0.2, 0) is 0 Å². The lowest BCUT2D eigenvalue weighted by Gasteiger charge is -2.26. The molecule has 0 bridgehead atoms. The van der Waals surface area contributed by atoms with Crippen molar-refractivity contribution in [1.29, 1.82) is 0 Å². The third-order valence-electron chi connectivity index (χ3n) is 7.33. The van der Waals surface area contributed by atoms with Crippen LogP contribution in [0.3, 0.4) is 0 Å². The van der Waals surface area contributed by atoms with Gasteiger partial charge in [-0.1, -0.05) is 36.4 Å². The Morgan fingerprint density at radius 2 is 1.83 bits per heavy atom. The lowest BCUT2D eigenvalue weighted by atomic mass is 9.89. The number of allylic oxidation sites excluding steroid dienone is 3. The fraction of sp³-hybridized carbons (Fsp3) is 0.321. The van der Waals surface area contributed by atoms with E-state index in [0.717, 1.165) is 48.6 Å². The highest BCUT2D eigenvalue weighted by molar-refractivity contribution is 5.85. The molecule has 0 spiro atoms. The van der Waals surface area contributed by atoms with E-state index in [1.807, 2.05) is 12.5 Å². The Morgan fingerprint density at radius 3 is 2.67 bits per heavy atom. The minimum Gasteiger partial charge on any atom is -0.381 e. The minimum absolute atomic E-state index is 0.146. The third-order valence-corrected chi connectivity index (χ3v) is 7.33. The molecule has 8 heteroatoms. The van der Waals surface area contributed by atoms with Crippen LogP contribution in [0, 0.1) is 0 Å². The molecule has 1 saturated carbocycles. The zero-order valence-corrected chi connectivity index (χ0v) is 20.1. The number of imidazole rings is 1. The molecule has 3 aromatic rings. The Morgan fingerprint density at radius 1 is 0.972 bits per heavy atom. The van der Waals surface area contributed by atoms with E-state index < -0.39 is 0 Å². The first-order chi connectivity index (χ1) is 17.8. The maximum atomic E-state index is 4.97. The number of nitrogens with zero attached hydrogens (tertiary/aromatic N) is 4. The normalized spacial score (nSPS) is 21.8. The lowest BCUT2D eigenvalue weighted by Crippen LogP contribution is -2.29. The first kappa shape index (κ1) is 21.4. The number of nitrogens with one attached hydrogen (secondary N) is 4. The van der Waals surface area contributed by atoms with Gasteiger partial charge in [0.05, 0.1) is 12.4 Å². The molecule has 4 heterocycles. The fourth-order valence-electron chi connectivity index (χ4n) is 5.26. The van der Waals surface area contributed by atoms with Gasteiger partial charge in [0.1, 0.15) is 0 Å². The molecule has 2 aliphatic carbocycles. The Bertz CT molecular complexity index is 1400. The summed E-state index contributed by atoms with van der Waals surface area (Å²) in [6.07, 6.45) is 17.1. The zero-order valence-electron chi connectivity index (χ0n) is 20.1. The Kier molecular flexibility index (Phi) is 5.31. The smallest absolute Gasteiger partial charge is 0.231 e. The molecule has 182 valence electrons. The SMILES string of the molecule is C1=CC(c2ccccc2)=C2C=C(Nc3nc(NC4CC4)c4ncn(C5CCNCC5)c4n3)C=CC2N1. The van der Waals surface area contributed by atoms with Crippen molar-refractivity contribution in [2.24, 2.45) is 0 Å². The minimum atomic E-state index is 0.146. The van der Waals surface area contributed by atoms with Gasteiger partial charge < -0.3 is 25.8 Å². The van der Waals surface area contributed by atoms with Gasteiger partial charge in [0, 0.05) is 17.8 Å². The maximum absolute atomic E-state index is 4.97. The van der Waals surface area contributed by atoms with E-state index in [4.69, 9.17) is 15.0 Å². The molecule has 4 N–H and O–H groups in total. The Hall–Kier alpha value is -3.91. The van der Waals surface area contributed by atoms with E-state index in [9.17, 15) is 0 Å². The summed E-state index contributed by atoms with van der Waals surface area (Å²) in [5.41, 5.74) is 6.38. The van der Waals surface area contributed by atoms with Crippen LogP contribution < -0.4 is 21.3 Å². The first-order valence-corrected chi connectivity index (χ1v) is 12.9. The zero-order chi connectivity index (χ0) is 23.9. The highest BCUT2D eigenvalue weighted by Crippen LogP contribution is 2.33. The van der Waals surface area contributed by atoms with Crippen LogP contribution in [0.1, 0.15) is 37.3 Å². The summed E-state index contributed by atoms with van der Waals surface area (Å²) in [7, 11) is 0. The van der Waals surface area contributed by atoms with Gasteiger partial charge in [0.15, 0.2) is 17.0 Å². The number of piperidine rings is 1. The molecular formula is C28H30N8. The maximum Gasteiger partial charge on any atom is 0.231 e. The molecule has 36 heavy (non-hydrogen) atoms. The molecule has 0 amide bonds. The topological polar surface area (TPSA) is 91.7 Å². The molecule has 2 aromatic heterocycles. The lowest BCUT2D eigenvalue weighted by molar-refractivity contribution is 0.373. The predicted octanol–water partition coefficient (Wildman–Crippen LogP) is 4.13. The van der Waals surface area contributed by atoms with Gasteiger partial charge in [0.2, 0.25) is 5.95 Å². The standard InChI is InChI=1S/C28H30N8/c1-2-4-18(5-3-1)22-12-15-30-24-9-8-20(16-23(22)24)33-28-34-26(32-19-6-7-19)25-27(35-28)36(17-31-25)21-10-13-29-14-11-21/h1-5,8-9,12,15-17,19,21,24,29-30H,6-7,10-11,13-14H2,(H2,32,33,34,35). The number of benzene rings is 1. The highest BCUT2D eigenvalue weighted by Gasteiger charge is 2.26. The van der Waals surface area contributed by atoms with Crippen LogP contribution in [-0.4, -0.2) is 44.7 Å². The number of hydrogen-bond acceptors (Lipinski definition) is 7. The fourth-order valence-corrected chi connectivity index (χ4v) is 5.26. The van der Waals surface area contributed by atoms with E-state index in [2.05, 4.69) is 80.5 Å². The molecule has 1 atom stereocenters. The molecule has 7 rings (SSSR count). The summed E-state index contributed by atoms with van der Waals surface area (Å²) >= 11 is 0. The van der Waals surface area contributed by atoms with Crippen molar-refractivity contribution >= 4 is 28.5 Å². The average molecular weight is 479 g/mol. The number of hydrogen-bond donors (Lipinski definition) is 4. The van der Waals surface area contributed by atoms with E-state index in [-0.39, 0.29) is 6.04 Å². The van der Waals surface area contributed by atoms with Crippen LogP contribution in [0.15, 0.2) is 78.4 Å². The van der Waals surface area contributed by atoms with Crippen molar-refractivity contribution < 1.29 is 0 Å². The average Bonchev–Trinajstić information content (AvgIpc) is 3.64. The second-order valence-corrected chi connectivity index (χ2v) is 9.92. The quantitative estimate of drug-likeness (QED) is 0.423.